The zero-order chi connectivity index (χ0) is 11.9. The van der Waals surface area contributed by atoms with Crippen molar-refractivity contribution in [2.75, 3.05) is 19.8 Å². The quantitative estimate of drug-likeness (QED) is 0.811. The molecule has 3 nitrogen and oxygen atoms in total. The van der Waals surface area contributed by atoms with Crippen LogP contribution in [0.1, 0.15) is 46.0 Å². The highest BCUT2D eigenvalue weighted by molar-refractivity contribution is 5.05. The van der Waals surface area contributed by atoms with Crippen molar-refractivity contribution in [1.82, 2.24) is 10.2 Å². The Labute approximate surface area is 105 Å². The fourth-order valence-corrected chi connectivity index (χ4v) is 4.37. The van der Waals surface area contributed by atoms with E-state index in [4.69, 9.17) is 4.74 Å². The molecule has 0 aromatic carbocycles. The monoisotopic (exact) mass is 238 g/mol. The maximum Gasteiger partial charge on any atom is 0.0648 e. The molecule has 3 rings (SSSR count). The predicted molar refractivity (Wildman–Crippen MR) is 69.2 cm³/mol. The lowest BCUT2D eigenvalue weighted by Gasteiger charge is -2.47. The average Bonchev–Trinajstić information content (AvgIpc) is 2.84. The van der Waals surface area contributed by atoms with Gasteiger partial charge >= 0.3 is 0 Å². The standard InChI is InChI=1S/C14H26N2O/c1-3-15-11-8-12-4-5-13(9-11)16(12)14(2)6-7-17-10-14/h11-13,15H,3-10H2,1-2H3. The summed E-state index contributed by atoms with van der Waals surface area (Å²) in [6.45, 7) is 7.67. The molecule has 3 heterocycles. The molecule has 2 bridgehead atoms. The zero-order valence-corrected chi connectivity index (χ0v) is 11.2. The molecule has 0 saturated carbocycles. The van der Waals surface area contributed by atoms with Gasteiger partial charge in [-0.1, -0.05) is 6.92 Å². The number of hydrogen-bond acceptors (Lipinski definition) is 3. The van der Waals surface area contributed by atoms with E-state index in [0.29, 0.717) is 5.54 Å². The fraction of sp³-hybridized carbons (Fsp3) is 1.00. The van der Waals surface area contributed by atoms with Crippen LogP contribution in [0.3, 0.4) is 0 Å². The van der Waals surface area contributed by atoms with Crippen molar-refractivity contribution in [2.45, 2.75) is 69.6 Å². The third-order valence-corrected chi connectivity index (χ3v) is 5.05. The lowest BCUT2D eigenvalue weighted by molar-refractivity contribution is 0.00374. The van der Waals surface area contributed by atoms with E-state index in [1.807, 2.05) is 0 Å². The van der Waals surface area contributed by atoms with Gasteiger partial charge in [0.15, 0.2) is 0 Å². The molecule has 3 unspecified atom stereocenters. The van der Waals surface area contributed by atoms with Crippen LogP contribution < -0.4 is 5.32 Å². The molecule has 0 spiro atoms. The van der Waals surface area contributed by atoms with Gasteiger partial charge in [0.2, 0.25) is 0 Å². The topological polar surface area (TPSA) is 24.5 Å². The summed E-state index contributed by atoms with van der Waals surface area (Å²) in [6.07, 6.45) is 6.73. The number of nitrogens with zero attached hydrogens (tertiary/aromatic N) is 1. The van der Waals surface area contributed by atoms with Crippen LogP contribution in [0.2, 0.25) is 0 Å². The van der Waals surface area contributed by atoms with Crippen molar-refractivity contribution in [3.05, 3.63) is 0 Å². The second-order valence-electron chi connectivity index (χ2n) is 6.32. The van der Waals surface area contributed by atoms with E-state index in [9.17, 15) is 0 Å². The van der Waals surface area contributed by atoms with Crippen LogP contribution in [-0.2, 0) is 4.74 Å². The average molecular weight is 238 g/mol. The number of piperidine rings is 1. The van der Waals surface area contributed by atoms with E-state index in [2.05, 4.69) is 24.1 Å². The highest BCUT2D eigenvalue weighted by Gasteiger charge is 2.49. The minimum atomic E-state index is 0.336. The van der Waals surface area contributed by atoms with Crippen LogP contribution in [0, 0.1) is 0 Å². The summed E-state index contributed by atoms with van der Waals surface area (Å²) in [5.74, 6) is 0. The number of nitrogens with one attached hydrogen (secondary N) is 1. The molecule has 3 atom stereocenters. The summed E-state index contributed by atoms with van der Waals surface area (Å²) in [4.78, 5) is 2.83. The molecule has 3 aliphatic rings. The summed E-state index contributed by atoms with van der Waals surface area (Å²) in [5, 5.41) is 3.65. The fourth-order valence-electron chi connectivity index (χ4n) is 4.37. The summed E-state index contributed by atoms with van der Waals surface area (Å²) < 4.78 is 5.65. The van der Waals surface area contributed by atoms with Crippen molar-refractivity contribution in [2.24, 2.45) is 0 Å². The highest BCUT2D eigenvalue weighted by Crippen LogP contribution is 2.43. The van der Waals surface area contributed by atoms with Gasteiger partial charge in [-0.15, -0.1) is 0 Å². The Morgan fingerprint density at radius 3 is 2.53 bits per heavy atom. The number of ether oxygens (including phenoxy) is 1. The van der Waals surface area contributed by atoms with Crippen LogP contribution in [0.15, 0.2) is 0 Å². The first-order chi connectivity index (χ1) is 8.23. The molecule has 3 aliphatic heterocycles. The molecule has 3 fully saturated rings. The van der Waals surface area contributed by atoms with Gasteiger partial charge in [-0.2, -0.15) is 0 Å². The van der Waals surface area contributed by atoms with Crippen LogP contribution in [0.5, 0.6) is 0 Å². The smallest absolute Gasteiger partial charge is 0.0648 e. The Morgan fingerprint density at radius 1 is 1.29 bits per heavy atom. The van der Waals surface area contributed by atoms with E-state index < -0.39 is 0 Å². The van der Waals surface area contributed by atoms with E-state index in [0.717, 1.165) is 37.9 Å². The van der Waals surface area contributed by atoms with Crippen LogP contribution in [0.4, 0.5) is 0 Å². The van der Waals surface area contributed by atoms with Crippen molar-refractivity contribution in [3.63, 3.8) is 0 Å². The van der Waals surface area contributed by atoms with E-state index >= 15 is 0 Å². The first-order valence-electron chi connectivity index (χ1n) is 7.32. The first kappa shape index (κ1) is 11.9. The molecule has 1 N–H and O–H groups in total. The highest BCUT2D eigenvalue weighted by atomic mass is 16.5. The van der Waals surface area contributed by atoms with Crippen molar-refractivity contribution in [3.8, 4) is 0 Å². The van der Waals surface area contributed by atoms with Crippen molar-refractivity contribution < 1.29 is 4.74 Å². The second kappa shape index (κ2) is 4.52. The molecule has 0 aromatic heterocycles. The molecule has 0 aliphatic carbocycles. The van der Waals surface area contributed by atoms with Crippen LogP contribution >= 0.6 is 0 Å². The van der Waals surface area contributed by atoms with Crippen molar-refractivity contribution in [1.29, 1.82) is 0 Å². The number of hydrogen-bond donors (Lipinski definition) is 1. The number of rotatable bonds is 3. The van der Waals surface area contributed by atoms with Gasteiger partial charge < -0.3 is 10.1 Å². The Hall–Kier alpha value is -0.120. The van der Waals surface area contributed by atoms with Gasteiger partial charge in [0, 0.05) is 30.3 Å². The molecule has 17 heavy (non-hydrogen) atoms. The zero-order valence-electron chi connectivity index (χ0n) is 11.2. The summed E-state index contributed by atoms with van der Waals surface area (Å²) in [6, 6.07) is 2.38. The summed E-state index contributed by atoms with van der Waals surface area (Å²) in [7, 11) is 0. The molecule has 0 aromatic rings. The van der Waals surface area contributed by atoms with E-state index in [-0.39, 0.29) is 0 Å². The molecule has 3 saturated heterocycles. The van der Waals surface area contributed by atoms with Gasteiger partial charge in [0.05, 0.1) is 6.61 Å². The third-order valence-electron chi connectivity index (χ3n) is 5.05. The molecule has 0 radical (unpaired) electrons. The Kier molecular flexibility index (Phi) is 3.18. The Bertz CT molecular complexity index is 261. The number of fused-ring (bicyclic) bond motifs is 2. The van der Waals surface area contributed by atoms with E-state index in [1.165, 1.54) is 32.1 Å². The van der Waals surface area contributed by atoms with Gasteiger partial charge in [0.1, 0.15) is 0 Å². The SMILES string of the molecule is CCNC1CC2CCC(C1)N2C1(C)CCOC1. The minimum Gasteiger partial charge on any atom is -0.379 e. The Morgan fingerprint density at radius 2 is 2.00 bits per heavy atom. The third kappa shape index (κ3) is 2.02. The molecule has 3 heteroatoms. The molecule has 0 amide bonds. The summed E-state index contributed by atoms with van der Waals surface area (Å²) in [5.41, 5.74) is 0.336. The maximum atomic E-state index is 5.65. The predicted octanol–water partition coefficient (Wildman–Crippen LogP) is 1.77. The largest absolute Gasteiger partial charge is 0.379 e. The van der Waals surface area contributed by atoms with Gasteiger partial charge in [0.25, 0.3) is 0 Å². The van der Waals surface area contributed by atoms with Crippen LogP contribution in [-0.4, -0.2) is 48.3 Å². The van der Waals surface area contributed by atoms with Crippen LogP contribution in [0.25, 0.3) is 0 Å². The molecular formula is C14H26N2O. The van der Waals surface area contributed by atoms with E-state index in [1.54, 1.807) is 0 Å². The van der Waals surface area contributed by atoms with Gasteiger partial charge in [-0.25, -0.2) is 0 Å². The minimum absolute atomic E-state index is 0.336. The maximum absolute atomic E-state index is 5.65. The molecular weight excluding hydrogens is 212 g/mol. The summed E-state index contributed by atoms with van der Waals surface area (Å²) >= 11 is 0. The first-order valence-corrected chi connectivity index (χ1v) is 7.32. The van der Waals surface area contributed by atoms with Gasteiger partial charge in [-0.3, -0.25) is 4.90 Å². The van der Waals surface area contributed by atoms with Crippen molar-refractivity contribution >= 4 is 0 Å². The normalized spacial score (nSPS) is 46.6. The Balaban J connectivity index is 1.72. The lowest BCUT2D eigenvalue weighted by atomic mass is 9.89. The lowest BCUT2D eigenvalue weighted by Crippen LogP contribution is -2.58. The van der Waals surface area contributed by atoms with Gasteiger partial charge in [-0.05, 0) is 45.6 Å². The molecule has 98 valence electrons. The second-order valence-corrected chi connectivity index (χ2v) is 6.32.